The summed E-state index contributed by atoms with van der Waals surface area (Å²) >= 11 is 0. The fourth-order valence-electron chi connectivity index (χ4n) is 2.56. The van der Waals surface area contributed by atoms with E-state index in [1.807, 2.05) is 6.08 Å². The zero-order chi connectivity index (χ0) is 15.0. The smallest absolute Gasteiger partial charge is 0.105 e. The van der Waals surface area contributed by atoms with Crippen molar-refractivity contribution in [3.05, 3.63) is 12.7 Å². The summed E-state index contributed by atoms with van der Waals surface area (Å²) in [6, 6.07) is 0.439. The van der Waals surface area contributed by atoms with Gasteiger partial charge in [-0.2, -0.15) is 0 Å². The minimum absolute atomic E-state index is 0.0537. The third kappa shape index (κ3) is 5.25. The predicted octanol–water partition coefficient (Wildman–Crippen LogP) is 2.74. The van der Waals surface area contributed by atoms with Crippen LogP contribution in [0, 0.1) is 5.41 Å². The van der Waals surface area contributed by atoms with Crippen molar-refractivity contribution in [1.29, 1.82) is 0 Å². The van der Waals surface area contributed by atoms with Crippen LogP contribution in [0.4, 0.5) is 0 Å². The first kappa shape index (κ1) is 17.2. The van der Waals surface area contributed by atoms with Crippen LogP contribution in [0.15, 0.2) is 17.6 Å². The fourth-order valence-corrected chi connectivity index (χ4v) is 2.56. The fraction of sp³-hybridized carbons (Fsp3) is 0.812. The molecule has 1 saturated heterocycles. The minimum Gasteiger partial charge on any atom is -0.382 e. The molecule has 0 bridgehead atoms. The van der Waals surface area contributed by atoms with E-state index in [9.17, 15) is 0 Å². The lowest BCUT2D eigenvalue weighted by Crippen LogP contribution is -2.44. The maximum absolute atomic E-state index is 5.71. The van der Waals surface area contributed by atoms with Gasteiger partial charge in [-0.15, -0.1) is 6.58 Å². The second kappa shape index (κ2) is 8.42. The van der Waals surface area contributed by atoms with Gasteiger partial charge in [-0.25, -0.2) is 0 Å². The van der Waals surface area contributed by atoms with Crippen LogP contribution in [0.1, 0.15) is 33.6 Å². The summed E-state index contributed by atoms with van der Waals surface area (Å²) in [7, 11) is 1.70. The molecular formula is C16H30N2O2. The largest absolute Gasteiger partial charge is 0.382 e. The molecule has 1 aliphatic heterocycles. The molecule has 20 heavy (non-hydrogen) atoms. The Morgan fingerprint density at radius 2 is 2.15 bits per heavy atom. The first-order valence-electron chi connectivity index (χ1n) is 7.50. The quantitative estimate of drug-likeness (QED) is 0.312. The number of hydrogen-bond donors (Lipinski definition) is 0. The standard InChI is InChI=1S/C16H30N2O2/c1-6-9-17-15(16(2,3)4)18-10-7-8-14(18)13-20-12-11-19-5/h6,14H,1,7-13H2,2-5H3/t14-/m0/s1. The second-order valence-electron chi connectivity index (χ2n) is 6.26. The second-order valence-corrected chi connectivity index (χ2v) is 6.26. The maximum atomic E-state index is 5.71. The lowest BCUT2D eigenvalue weighted by Gasteiger charge is -2.35. The minimum atomic E-state index is 0.0537. The van der Waals surface area contributed by atoms with E-state index in [2.05, 4.69) is 32.3 Å². The van der Waals surface area contributed by atoms with Crippen LogP contribution in [-0.2, 0) is 9.47 Å². The van der Waals surface area contributed by atoms with Gasteiger partial charge < -0.3 is 14.4 Å². The van der Waals surface area contributed by atoms with Crippen LogP contribution < -0.4 is 0 Å². The maximum Gasteiger partial charge on any atom is 0.105 e. The third-order valence-corrected chi connectivity index (χ3v) is 3.43. The van der Waals surface area contributed by atoms with Crippen molar-refractivity contribution in [2.24, 2.45) is 10.4 Å². The molecule has 1 heterocycles. The summed E-state index contributed by atoms with van der Waals surface area (Å²) in [4.78, 5) is 7.16. The summed E-state index contributed by atoms with van der Waals surface area (Å²) in [5.74, 6) is 1.18. The number of ether oxygens (including phenoxy) is 2. The SMILES string of the molecule is C=CCN=C(N1CCC[C@H]1COCCOC)C(C)(C)C. The molecule has 0 aromatic carbocycles. The van der Waals surface area contributed by atoms with E-state index in [1.54, 1.807) is 7.11 Å². The number of hydrogen-bond acceptors (Lipinski definition) is 3. The molecule has 0 radical (unpaired) electrons. The van der Waals surface area contributed by atoms with Gasteiger partial charge in [0.15, 0.2) is 0 Å². The van der Waals surface area contributed by atoms with E-state index >= 15 is 0 Å². The Morgan fingerprint density at radius 1 is 1.40 bits per heavy atom. The van der Waals surface area contributed by atoms with E-state index in [0.29, 0.717) is 25.8 Å². The Bertz CT molecular complexity index is 321. The van der Waals surface area contributed by atoms with Crippen LogP contribution in [0.2, 0.25) is 0 Å². The molecule has 1 atom stereocenters. The molecule has 0 spiro atoms. The molecule has 0 amide bonds. The average molecular weight is 282 g/mol. The molecule has 4 nitrogen and oxygen atoms in total. The Balaban J connectivity index is 2.66. The monoisotopic (exact) mass is 282 g/mol. The van der Waals surface area contributed by atoms with Gasteiger partial charge in [0.05, 0.1) is 32.4 Å². The topological polar surface area (TPSA) is 34.1 Å². The number of likely N-dealkylation sites (tertiary alicyclic amines) is 1. The van der Waals surface area contributed by atoms with Crippen molar-refractivity contribution in [2.75, 3.05) is 40.0 Å². The van der Waals surface area contributed by atoms with Gasteiger partial charge in [-0.1, -0.05) is 26.8 Å². The number of nitrogens with zero attached hydrogens (tertiary/aromatic N) is 2. The van der Waals surface area contributed by atoms with E-state index in [4.69, 9.17) is 14.5 Å². The number of aliphatic imine (C=N–C) groups is 1. The Morgan fingerprint density at radius 3 is 2.75 bits per heavy atom. The van der Waals surface area contributed by atoms with Crippen molar-refractivity contribution in [2.45, 2.75) is 39.7 Å². The van der Waals surface area contributed by atoms with Crippen LogP contribution in [0.25, 0.3) is 0 Å². The molecule has 0 aliphatic carbocycles. The molecule has 1 rings (SSSR count). The molecule has 0 saturated carbocycles. The molecule has 1 fully saturated rings. The normalized spacial score (nSPS) is 20.5. The average Bonchev–Trinajstić information content (AvgIpc) is 2.82. The van der Waals surface area contributed by atoms with Gasteiger partial charge in [0.2, 0.25) is 0 Å². The van der Waals surface area contributed by atoms with Crippen molar-refractivity contribution in [3.63, 3.8) is 0 Å². The van der Waals surface area contributed by atoms with Crippen molar-refractivity contribution >= 4 is 5.84 Å². The van der Waals surface area contributed by atoms with Crippen molar-refractivity contribution in [1.82, 2.24) is 4.90 Å². The molecule has 0 unspecified atom stereocenters. The zero-order valence-corrected chi connectivity index (χ0v) is 13.5. The molecule has 0 N–H and O–H groups in total. The first-order chi connectivity index (χ1) is 9.50. The van der Waals surface area contributed by atoms with Crippen LogP contribution in [-0.4, -0.2) is 56.8 Å². The molecule has 1 aliphatic rings. The van der Waals surface area contributed by atoms with Gasteiger partial charge in [0.1, 0.15) is 5.84 Å². The van der Waals surface area contributed by atoms with Gasteiger partial charge >= 0.3 is 0 Å². The first-order valence-corrected chi connectivity index (χ1v) is 7.50. The highest BCUT2D eigenvalue weighted by Gasteiger charge is 2.33. The lowest BCUT2D eigenvalue weighted by atomic mass is 9.93. The van der Waals surface area contributed by atoms with E-state index < -0.39 is 0 Å². The lowest BCUT2D eigenvalue weighted by molar-refractivity contribution is 0.0499. The Kier molecular flexibility index (Phi) is 7.24. The summed E-state index contributed by atoms with van der Waals surface area (Å²) in [6.45, 7) is 14.3. The highest BCUT2D eigenvalue weighted by atomic mass is 16.5. The summed E-state index contributed by atoms with van der Waals surface area (Å²) in [5, 5.41) is 0. The predicted molar refractivity (Wildman–Crippen MR) is 84.4 cm³/mol. The number of amidine groups is 1. The molecule has 116 valence electrons. The third-order valence-electron chi connectivity index (χ3n) is 3.43. The highest BCUT2D eigenvalue weighted by molar-refractivity contribution is 5.87. The summed E-state index contributed by atoms with van der Waals surface area (Å²) in [6.07, 6.45) is 4.24. The molecule has 0 aromatic rings. The van der Waals surface area contributed by atoms with Gasteiger partial charge in [0.25, 0.3) is 0 Å². The Labute approximate surface area is 123 Å². The van der Waals surface area contributed by atoms with E-state index in [-0.39, 0.29) is 5.41 Å². The van der Waals surface area contributed by atoms with Crippen molar-refractivity contribution < 1.29 is 9.47 Å². The van der Waals surface area contributed by atoms with Crippen LogP contribution in [0.3, 0.4) is 0 Å². The number of methoxy groups -OCH3 is 1. The van der Waals surface area contributed by atoms with E-state index in [1.165, 1.54) is 18.7 Å². The van der Waals surface area contributed by atoms with Gasteiger partial charge in [-0.05, 0) is 12.8 Å². The molecule has 4 heteroatoms. The van der Waals surface area contributed by atoms with Gasteiger partial charge in [-0.3, -0.25) is 4.99 Å². The number of rotatable bonds is 7. The van der Waals surface area contributed by atoms with Crippen LogP contribution in [0.5, 0.6) is 0 Å². The molecule has 0 aromatic heterocycles. The van der Waals surface area contributed by atoms with Crippen LogP contribution >= 0.6 is 0 Å². The summed E-state index contributed by atoms with van der Waals surface area (Å²) < 4.78 is 10.7. The van der Waals surface area contributed by atoms with Gasteiger partial charge in [0, 0.05) is 19.1 Å². The van der Waals surface area contributed by atoms with Crippen molar-refractivity contribution in [3.8, 4) is 0 Å². The zero-order valence-electron chi connectivity index (χ0n) is 13.5. The molecular weight excluding hydrogens is 252 g/mol. The van der Waals surface area contributed by atoms with E-state index in [0.717, 1.165) is 13.2 Å². The Hall–Kier alpha value is -0.870. The summed E-state index contributed by atoms with van der Waals surface area (Å²) in [5.41, 5.74) is 0.0537. The highest BCUT2D eigenvalue weighted by Crippen LogP contribution is 2.27.